The van der Waals surface area contributed by atoms with Crippen LogP contribution in [0.5, 0.6) is 23.5 Å². The molecule has 5 aromatic rings. The van der Waals surface area contributed by atoms with Gasteiger partial charge < -0.3 is 60.5 Å². The number of ketones is 2. The predicted molar refractivity (Wildman–Crippen MR) is 415 cm³/mol. The molecule has 3 amide bonds. The fourth-order valence-electron chi connectivity index (χ4n) is 21.8. The van der Waals surface area contributed by atoms with E-state index in [1.807, 2.05) is 0 Å². The molecule has 8 heterocycles. The summed E-state index contributed by atoms with van der Waals surface area (Å²) in [5.41, 5.74) is 4.30. The van der Waals surface area contributed by atoms with E-state index in [0.29, 0.717) is 99.0 Å². The number of nitrogens with two attached hydrogens (primary N) is 1. The van der Waals surface area contributed by atoms with Gasteiger partial charge in [-0.25, -0.2) is 83.2 Å². The maximum absolute atomic E-state index is 13.8. The zero-order valence-corrected chi connectivity index (χ0v) is 71.7. The van der Waals surface area contributed by atoms with Gasteiger partial charge in [-0.15, -0.1) is 12.4 Å². The average molecular weight is 1780 g/mol. The van der Waals surface area contributed by atoms with Crippen molar-refractivity contribution in [1.82, 2.24) is 40.0 Å². The number of nitrogens with zero attached hydrogens (tertiary/aromatic N) is 7. The van der Waals surface area contributed by atoms with Crippen LogP contribution in [0.2, 0.25) is 0 Å². The second-order valence-electron chi connectivity index (χ2n) is 35.1. The molecular weight excluding hydrogens is 1670 g/mol. The quantitative estimate of drug-likeness (QED) is 0.0306. The number of pyridine rings is 5. The number of aromatic nitrogens is 5. The van der Waals surface area contributed by atoms with Gasteiger partial charge in [0.05, 0.1) is 55.6 Å². The third kappa shape index (κ3) is 23.6. The molecule has 122 heavy (non-hydrogen) atoms. The summed E-state index contributed by atoms with van der Waals surface area (Å²) in [5.74, 6) is -6.57. The van der Waals surface area contributed by atoms with Crippen LogP contribution in [0.1, 0.15) is 182 Å². The molecule has 664 valence electrons. The van der Waals surface area contributed by atoms with Crippen LogP contribution in [0.25, 0.3) is 0 Å². The molecule has 6 unspecified atom stereocenters. The topological polar surface area (TPSA) is 296 Å². The molecule has 0 radical (unpaired) electrons. The van der Waals surface area contributed by atoms with E-state index in [1.165, 1.54) is 12.8 Å². The number of carbonyl (C=O) groups excluding carboxylic acids is 6. The van der Waals surface area contributed by atoms with Gasteiger partial charge in [0, 0.05) is 85.2 Å². The van der Waals surface area contributed by atoms with Crippen LogP contribution >= 0.6 is 24.0 Å². The number of likely N-dealkylation sites (tertiary alicyclic amines) is 2. The van der Waals surface area contributed by atoms with Gasteiger partial charge >= 0.3 is 47.2 Å². The van der Waals surface area contributed by atoms with Crippen LogP contribution in [0.3, 0.4) is 0 Å². The van der Waals surface area contributed by atoms with Crippen LogP contribution in [0.4, 0.5) is 62.7 Å². The van der Waals surface area contributed by atoms with Crippen LogP contribution < -0.4 is 59.6 Å². The Labute approximate surface area is 734 Å². The summed E-state index contributed by atoms with van der Waals surface area (Å²) in [6.45, 7) is 6.38. The Kier molecular flexibility index (Phi) is 32.6. The summed E-state index contributed by atoms with van der Waals surface area (Å²) < 4.78 is 179. The first-order chi connectivity index (χ1) is 57.3. The minimum atomic E-state index is -1.28. The van der Waals surface area contributed by atoms with E-state index >= 15 is 0 Å². The number of aliphatic hydroxyl groups is 1. The van der Waals surface area contributed by atoms with E-state index in [2.05, 4.69) is 30.2 Å². The van der Waals surface area contributed by atoms with Crippen molar-refractivity contribution in [2.24, 2.45) is 75.2 Å². The first-order valence-corrected chi connectivity index (χ1v) is 42.0. The maximum Gasteiger partial charge on any atom is 1.00 e. The summed E-state index contributed by atoms with van der Waals surface area (Å²) in [6.07, 6.45) is 26.8. The minimum absolute atomic E-state index is 0. The molecule has 3 aliphatic heterocycles. The normalized spacial score (nSPS) is 31.0. The van der Waals surface area contributed by atoms with Crippen molar-refractivity contribution in [3.05, 3.63) is 125 Å². The smallest absolute Gasteiger partial charge is 1.00 e. The second-order valence-corrected chi connectivity index (χ2v) is 35.4. The van der Waals surface area contributed by atoms with Crippen molar-refractivity contribution in [1.29, 1.82) is 0 Å². The number of aliphatic hydroxyl groups excluding tert-OH is 1. The fraction of sp³-hybridized carbons (Fsp3) is 0.635. The molecule has 23 nitrogen and oxygen atoms in total. The summed E-state index contributed by atoms with van der Waals surface area (Å²) in [7, 11) is 0. The van der Waals surface area contributed by atoms with E-state index in [4.69, 9.17) is 55.6 Å². The molecule has 4 N–H and O–H groups in total. The second kappa shape index (κ2) is 41.7. The van der Waals surface area contributed by atoms with Crippen LogP contribution in [-0.4, -0.2) is 163 Å². The number of primary amides is 1. The van der Waals surface area contributed by atoms with Crippen molar-refractivity contribution < 1.29 is 146 Å². The average Bonchev–Trinajstić information content (AvgIpc) is 1.56. The van der Waals surface area contributed by atoms with E-state index in [9.17, 15) is 77.1 Å². The third-order valence-electron chi connectivity index (χ3n) is 26.7. The standard InChI is InChI=1S/C22H26F2N2O4.C21H25F2N3O4.C13H17ClO3.C10H11F2NO.C9H10F2N2O.C5H2F3N.C5H10O.ClH.Na.H/c1-12(27)22-7-13-4-14(8-22)19(15(5-13)9-22)30-21(28)26-3-2-17(11-26)29-20-18(24)6-16(23)10-25-20;22-14-5-16(23)18(25-9-14)29-15-1-2-26(10-15)20(28)30-17-12-3-11-4-13(17)8-21(6-11,7-12)19(24)27;1-7(15)13-4-8-2-9(5-13)11(17-12(14)16)10(3-8)6-13;11-7-5-9(12)10(13-6-7)14-8-3-1-2-4-8;10-6-3-8(11)9(13-4-6)14-7-1-2-12-5-7;6-3-1-4(7)5(8)9-2-3;6-5-3-1-2-4-5;;;/h6,10,13-15,17,19H,2-5,7-9,11H2,1H3;5,9,11-13,15,17H,1-4,6-8,10H2,(H2,24,27);8-11H,2-6H2,1H3;5-6,8H,1-4H2;3-4,7,12H,1-2,5H2;1-2H;5-6H,1-4H2;1H;;/q;;;;;;;;+1;-1/t13?,14?,15?,17-,19?,22?;11?,12?,13?,15-,17?,21?;;;7-;;;;;/m11..1...../s1. The first kappa shape index (κ1) is 95.2. The zero-order chi connectivity index (χ0) is 85.5. The number of halogens is 13. The molecule has 0 aromatic carbocycles. The molecule has 5 aromatic heterocycles. The van der Waals surface area contributed by atoms with Gasteiger partial charge in [0.25, 0.3) is 23.5 Å². The van der Waals surface area contributed by atoms with Crippen LogP contribution in [0.15, 0.2) is 61.3 Å². The van der Waals surface area contributed by atoms with Crippen molar-refractivity contribution >= 4 is 59.1 Å². The van der Waals surface area contributed by atoms with Gasteiger partial charge in [-0.3, -0.25) is 14.4 Å². The number of rotatable bonds is 14. The molecule has 9 atom stereocenters. The van der Waals surface area contributed by atoms with Gasteiger partial charge in [0.2, 0.25) is 11.9 Å². The van der Waals surface area contributed by atoms with Gasteiger partial charge in [0.15, 0.2) is 29.1 Å². The Balaban J connectivity index is 0.000000158. The van der Waals surface area contributed by atoms with Gasteiger partial charge in [-0.1, -0.05) is 12.8 Å². The Morgan fingerprint density at radius 1 is 0.443 bits per heavy atom. The van der Waals surface area contributed by atoms with Crippen molar-refractivity contribution in [2.75, 3.05) is 39.3 Å². The van der Waals surface area contributed by atoms with Crippen LogP contribution in [-0.2, 0) is 28.6 Å². The molecule has 14 aliphatic carbocycles. The fourth-order valence-corrected chi connectivity index (χ4v) is 21.9. The molecule has 0 spiro atoms. The van der Waals surface area contributed by atoms with Crippen molar-refractivity contribution in [2.45, 2.75) is 230 Å². The van der Waals surface area contributed by atoms with Crippen LogP contribution in [0, 0.1) is 134 Å². The number of Topliss-reactive ketones (excluding diaryl/α,β-unsaturated/α-hetero) is 2. The van der Waals surface area contributed by atoms with Crippen molar-refractivity contribution in [3.8, 4) is 23.5 Å². The van der Waals surface area contributed by atoms with Gasteiger partial charge in [0.1, 0.15) is 83.4 Å². The zero-order valence-electron chi connectivity index (χ0n) is 69.1. The number of hydrogen-bond donors (Lipinski definition) is 3. The molecule has 17 aliphatic rings. The van der Waals surface area contributed by atoms with Crippen molar-refractivity contribution in [3.63, 3.8) is 0 Å². The molecular formula is C85H103Cl2F11N9NaO14. The molecule has 22 rings (SSSR count). The first-order valence-electron chi connectivity index (χ1n) is 41.6. The molecule has 37 heteroatoms. The minimum Gasteiger partial charge on any atom is -1.00 e. The summed E-state index contributed by atoms with van der Waals surface area (Å²) in [4.78, 5) is 93.0. The number of carbonyl (C=O) groups is 6. The Bertz CT molecular complexity index is 4250. The number of nitrogens with one attached hydrogen (secondary N) is 1. The molecule has 12 bridgehead atoms. The van der Waals surface area contributed by atoms with Gasteiger partial charge in [-0.05, 0) is 215 Å². The van der Waals surface area contributed by atoms with E-state index in [1.54, 1.807) is 23.6 Å². The van der Waals surface area contributed by atoms with Gasteiger partial charge in [-0.2, -0.15) is 4.39 Å². The molecule has 3 saturated heterocycles. The number of hydrogen-bond acceptors (Lipinski definition) is 20. The predicted octanol–water partition coefficient (Wildman–Crippen LogP) is 13.2. The summed E-state index contributed by atoms with van der Waals surface area (Å²) in [5, 5.41) is 11.8. The largest absolute Gasteiger partial charge is 1.00 e. The Morgan fingerprint density at radius 2 is 0.762 bits per heavy atom. The molecule has 17 fully saturated rings. The summed E-state index contributed by atoms with van der Waals surface area (Å²) >= 11 is 5.34. The van der Waals surface area contributed by atoms with E-state index < -0.39 is 93.3 Å². The maximum atomic E-state index is 13.8. The van der Waals surface area contributed by atoms with E-state index in [0.717, 1.165) is 178 Å². The molecule has 14 saturated carbocycles. The SMILES string of the molecule is CC(=O)C12CC3CC(C1)C(OC(=O)Cl)C(C3)C2.CC(=O)C12CC3CC(C1)C(OC(=O)N1CC[C@@H](Oc4ncc(F)cc4F)C1)C(C3)C2.Cl.Fc1cnc(F)c(F)c1.Fc1cnc(OC2CCCC2)c(F)c1.Fc1cnc(O[C@@H]2CCNC2)c(F)c1.NC(=O)C12CC3CC(C1)C(OC(=O)N1CC[C@@H](Oc4ncc(F)cc4F)C1)C(C3)C2.OC1CCCC1.[H-].[Na+]. The number of amides is 3. The Morgan fingerprint density at radius 3 is 1.07 bits per heavy atom. The Hall–Kier alpha value is -7.50. The van der Waals surface area contributed by atoms with E-state index in [-0.39, 0.29) is 169 Å². The summed E-state index contributed by atoms with van der Waals surface area (Å²) in [6, 6.07) is 3.43. The number of ether oxygens (including phenoxy) is 7. The third-order valence-corrected chi connectivity index (χ3v) is 26.8. The monoisotopic (exact) mass is 1780 g/mol.